The first-order valence-electron chi connectivity index (χ1n) is 5.89. The minimum absolute atomic E-state index is 0.0167. The second kappa shape index (κ2) is 6.00. The van der Waals surface area contributed by atoms with Gasteiger partial charge in [-0.05, 0) is 25.3 Å². The summed E-state index contributed by atoms with van der Waals surface area (Å²) in [6.07, 6.45) is 0.434. The van der Waals surface area contributed by atoms with Gasteiger partial charge >= 0.3 is 5.97 Å². The minimum atomic E-state index is -3.65. The summed E-state index contributed by atoms with van der Waals surface area (Å²) in [6, 6.07) is 8.82. The summed E-state index contributed by atoms with van der Waals surface area (Å²) in [5.41, 5.74) is 0.719. The molecule has 0 amide bonds. The molecule has 2 unspecified atom stereocenters. The van der Waals surface area contributed by atoms with Crippen LogP contribution >= 0.6 is 0 Å². The molecular formula is C13H18O4S. The summed E-state index contributed by atoms with van der Waals surface area (Å²) in [6.45, 7) is 3.29. The van der Waals surface area contributed by atoms with Gasteiger partial charge in [-0.1, -0.05) is 37.3 Å². The number of sulfone groups is 1. The highest BCUT2D eigenvalue weighted by atomic mass is 32.2. The summed E-state index contributed by atoms with van der Waals surface area (Å²) in [7, 11) is -3.65. The highest BCUT2D eigenvalue weighted by Crippen LogP contribution is 2.17. The van der Waals surface area contributed by atoms with Crippen molar-refractivity contribution < 1.29 is 18.3 Å². The highest BCUT2D eigenvalue weighted by molar-refractivity contribution is 7.93. The second-order valence-corrected chi connectivity index (χ2v) is 6.88. The Kier molecular flexibility index (Phi) is 4.90. The quantitative estimate of drug-likeness (QED) is 0.857. The minimum Gasteiger partial charge on any atom is -0.480 e. The smallest absolute Gasteiger partial charge is 0.322 e. The van der Waals surface area contributed by atoms with E-state index in [0.717, 1.165) is 5.56 Å². The van der Waals surface area contributed by atoms with E-state index >= 15 is 0 Å². The predicted molar refractivity (Wildman–Crippen MR) is 70.2 cm³/mol. The molecule has 0 aliphatic heterocycles. The maximum atomic E-state index is 12.1. The van der Waals surface area contributed by atoms with Gasteiger partial charge < -0.3 is 5.11 Å². The molecule has 0 radical (unpaired) electrons. The first-order chi connectivity index (χ1) is 8.39. The Bertz CT molecular complexity index is 493. The van der Waals surface area contributed by atoms with Crippen molar-refractivity contribution in [3.63, 3.8) is 0 Å². The third kappa shape index (κ3) is 3.32. The van der Waals surface area contributed by atoms with Crippen molar-refractivity contribution in [2.45, 2.75) is 37.2 Å². The molecule has 0 aliphatic carbocycles. The van der Waals surface area contributed by atoms with E-state index in [0.29, 0.717) is 6.42 Å². The number of carbonyl (C=O) groups is 1. The fourth-order valence-corrected chi connectivity index (χ4v) is 3.42. The number of rotatable bonds is 6. The topological polar surface area (TPSA) is 71.4 Å². The molecule has 5 heteroatoms. The molecule has 2 atom stereocenters. The summed E-state index contributed by atoms with van der Waals surface area (Å²) in [5, 5.41) is 7.13. The van der Waals surface area contributed by atoms with Crippen molar-refractivity contribution in [3.05, 3.63) is 35.9 Å². The van der Waals surface area contributed by atoms with Crippen molar-refractivity contribution in [2.75, 3.05) is 0 Å². The molecule has 0 heterocycles. The van der Waals surface area contributed by atoms with Crippen LogP contribution in [-0.4, -0.2) is 30.0 Å². The van der Waals surface area contributed by atoms with Gasteiger partial charge in [-0.15, -0.1) is 0 Å². The standard InChI is InChI=1S/C13H18O4S/c1-3-10(2)18(16,17)12(13(14)15)9-11-7-5-4-6-8-11/h4-8,10,12H,3,9H2,1-2H3,(H,14,15). The van der Waals surface area contributed by atoms with Gasteiger partial charge in [0.1, 0.15) is 0 Å². The summed E-state index contributed by atoms with van der Waals surface area (Å²) in [5.74, 6) is -1.28. The van der Waals surface area contributed by atoms with Crippen LogP contribution in [0.2, 0.25) is 0 Å². The lowest BCUT2D eigenvalue weighted by Gasteiger charge is -2.17. The Morgan fingerprint density at radius 1 is 1.28 bits per heavy atom. The summed E-state index contributed by atoms with van der Waals surface area (Å²) >= 11 is 0. The second-order valence-electron chi connectivity index (χ2n) is 4.32. The van der Waals surface area contributed by atoms with Crippen LogP contribution in [0.5, 0.6) is 0 Å². The average Bonchev–Trinajstić information content (AvgIpc) is 2.35. The average molecular weight is 270 g/mol. The van der Waals surface area contributed by atoms with Crippen molar-refractivity contribution >= 4 is 15.8 Å². The number of aliphatic carboxylic acids is 1. The lowest BCUT2D eigenvalue weighted by molar-refractivity contribution is -0.136. The molecule has 18 heavy (non-hydrogen) atoms. The van der Waals surface area contributed by atoms with Crippen LogP contribution in [0.1, 0.15) is 25.8 Å². The maximum Gasteiger partial charge on any atom is 0.322 e. The van der Waals surface area contributed by atoms with Gasteiger partial charge in [0.25, 0.3) is 0 Å². The van der Waals surface area contributed by atoms with Crippen LogP contribution < -0.4 is 0 Å². The third-order valence-corrected chi connectivity index (χ3v) is 5.69. The zero-order valence-electron chi connectivity index (χ0n) is 10.5. The Labute approximate surface area is 108 Å². The van der Waals surface area contributed by atoms with Crippen LogP contribution in [0.4, 0.5) is 0 Å². The molecule has 1 aromatic carbocycles. The number of hydrogen-bond donors (Lipinski definition) is 1. The van der Waals surface area contributed by atoms with Gasteiger partial charge in [0.2, 0.25) is 0 Å². The van der Waals surface area contributed by atoms with Crippen molar-refractivity contribution in [3.8, 4) is 0 Å². The lowest BCUT2D eigenvalue weighted by Crippen LogP contribution is -2.37. The Morgan fingerprint density at radius 3 is 2.28 bits per heavy atom. The van der Waals surface area contributed by atoms with E-state index in [-0.39, 0.29) is 6.42 Å². The fourth-order valence-electron chi connectivity index (χ4n) is 1.68. The summed E-state index contributed by atoms with van der Waals surface area (Å²) in [4.78, 5) is 11.2. The van der Waals surface area contributed by atoms with E-state index in [9.17, 15) is 13.2 Å². The van der Waals surface area contributed by atoms with E-state index < -0.39 is 26.3 Å². The number of carboxylic acid groups (broad SMARTS) is 1. The molecule has 0 fully saturated rings. The van der Waals surface area contributed by atoms with Gasteiger partial charge in [-0.3, -0.25) is 4.79 Å². The lowest BCUT2D eigenvalue weighted by atomic mass is 10.1. The van der Waals surface area contributed by atoms with Gasteiger partial charge in [-0.2, -0.15) is 0 Å². The van der Waals surface area contributed by atoms with E-state index in [1.807, 2.05) is 6.07 Å². The largest absolute Gasteiger partial charge is 0.480 e. The third-order valence-electron chi connectivity index (χ3n) is 3.07. The van der Waals surface area contributed by atoms with Gasteiger partial charge in [-0.25, -0.2) is 8.42 Å². The molecule has 1 aromatic rings. The van der Waals surface area contributed by atoms with Crippen molar-refractivity contribution in [1.82, 2.24) is 0 Å². The van der Waals surface area contributed by atoms with Crippen LogP contribution in [0.15, 0.2) is 30.3 Å². The Balaban J connectivity index is 3.02. The molecule has 0 aliphatic rings. The molecule has 0 spiro atoms. The van der Waals surface area contributed by atoms with Crippen molar-refractivity contribution in [1.29, 1.82) is 0 Å². The maximum absolute atomic E-state index is 12.1. The van der Waals surface area contributed by atoms with Crippen LogP contribution in [-0.2, 0) is 21.1 Å². The van der Waals surface area contributed by atoms with E-state index in [2.05, 4.69) is 0 Å². The van der Waals surface area contributed by atoms with E-state index in [1.54, 1.807) is 38.1 Å². The van der Waals surface area contributed by atoms with Gasteiger partial charge in [0, 0.05) is 0 Å². The molecule has 1 N–H and O–H groups in total. The summed E-state index contributed by atoms with van der Waals surface area (Å²) < 4.78 is 24.3. The van der Waals surface area contributed by atoms with Crippen LogP contribution in [0.3, 0.4) is 0 Å². The molecule has 0 saturated carbocycles. The molecule has 4 nitrogen and oxygen atoms in total. The predicted octanol–water partition coefficient (Wildman–Crippen LogP) is 1.90. The molecule has 1 rings (SSSR count). The number of carboxylic acids is 1. The SMILES string of the molecule is CCC(C)S(=O)(=O)C(Cc1ccccc1)C(=O)O. The fraction of sp³-hybridized carbons (Fsp3) is 0.462. The normalized spacial score (nSPS) is 15.0. The van der Waals surface area contributed by atoms with Crippen LogP contribution in [0.25, 0.3) is 0 Å². The first-order valence-corrected chi connectivity index (χ1v) is 7.50. The monoisotopic (exact) mass is 270 g/mol. The Hall–Kier alpha value is -1.36. The molecule has 0 aromatic heterocycles. The molecular weight excluding hydrogens is 252 g/mol. The van der Waals surface area contributed by atoms with E-state index in [4.69, 9.17) is 5.11 Å². The zero-order valence-corrected chi connectivity index (χ0v) is 11.4. The van der Waals surface area contributed by atoms with Crippen LogP contribution in [0, 0.1) is 0 Å². The highest BCUT2D eigenvalue weighted by Gasteiger charge is 2.35. The van der Waals surface area contributed by atoms with E-state index in [1.165, 1.54) is 0 Å². The molecule has 100 valence electrons. The first kappa shape index (κ1) is 14.7. The van der Waals surface area contributed by atoms with Gasteiger partial charge in [0.15, 0.2) is 15.1 Å². The zero-order chi connectivity index (χ0) is 13.8. The van der Waals surface area contributed by atoms with Gasteiger partial charge in [0.05, 0.1) is 5.25 Å². The van der Waals surface area contributed by atoms with Crippen molar-refractivity contribution in [2.24, 2.45) is 0 Å². The molecule has 0 bridgehead atoms. The number of hydrogen-bond acceptors (Lipinski definition) is 3. The Morgan fingerprint density at radius 2 is 1.83 bits per heavy atom. The molecule has 0 saturated heterocycles. The number of benzene rings is 1.